The van der Waals surface area contributed by atoms with Crippen LogP contribution < -0.4 is 20.9 Å². The molecule has 1 atom stereocenters. The molecule has 4 aromatic rings. The number of aromatic amines is 1. The van der Waals surface area contributed by atoms with E-state index >= 15 is 0 Å². The number of hydrogen-bond donors (Lipinski definition) is 3. The Morgan fingerprint density at radius 2 is 2.11 bits per heavy atom. The fourth-order valence-corrected chi connectivity index (χ4v) is 3.01. The molecule has 2 amide bonds. The van der Waals surface area contributed by atoms with Gasteiger partial charge in [0.15, 0.2) is 11.3 Å². The maximum Gasteiger partial charge on any atom is 0.319 e. The lowest BCUT2D eigenvalue weighted by molar-refractivity contribution is 0.248. The molecule has 2 aromatic heterocycles. The van der Waals surface area contributed by atoms with E-state index in [1.165, 1.54) is 6.33 Å². The standard InChI is InChI=1S/C20H18N4O4/c1-11(17-8-12-4-3-5-16(27-2)18(12)28-17)23-20(26)24-13-6-7-15-14(9-13)19(25)22-10-21-15/h3-11H,1-2H3,(H,21,22,25)(H2,23,24,26). The Bertz CT molecular complexity index is 1230. The number of methoxy groups -OCH3 is 1. The van der Waals surface area contributed by atoms with E-state index in [9.17, 15) is 9.59 Å². The van der Waals surface area contributed by atoms with E-state index < -0.39 is 6.03 Å². The van der Waals surface area contributed by atoms with Crippen molar-refractivity contribution in [3.8, 4) is 5.75 Å². The first kappa shape index (κ1) is 17.6. The lowest BCUT2D eigenvalue weighted by Gasteiger charge is -2.12. The van der Waals surface area contributed by atoms with Gasteiger partial charge in [-0.1, -0.05) is 12.1 Å². The molecule has 4 rings (SSSR count). The monoisotopic (exact) mass is 378 g/mol. The van der Waals surface area contributed by atoms with Crippen LogP contribution in [-0.4, -0.2) is 23.1 Å². The molecule has 142 valence electrons. The lowest BCUT2D eigenvalue weighted by atomic mass is 10.2. The lowest BCUT2D eigenvalue weighted by Crippen LogP contribution is -2.31. The number of urea groups is 1. The number of aromatic nitrogens is 2. The van der Waals surface area contributed by atoms with E-state index in [0.717, 1.165) is 5.39 Å². The van der Waals surface area contributed by atoms with Crippen molar-refractivity contribution in [1.29, 1.82) is 0 Å². The van der Waals surface area contributed by atoms with Crippen LogP contribution in [0.4, 0.5) is 10.5 Å². The molecule has 28 heavy (non-hydrogen) atoms. The largest absolute Gasteiger partial charge is 0.493 e. The molecule has 0 spiro atoms. The number of hydrogen-bond acceptors (Lipinski definition) is 5. The molecule has 1 unspecified atom stereocenters. The van der Waals surface area contributed by atoms with Crippen LogP contribution in [-0.2, 0) is 0 Å². The number of rotatable bonds is 4. The van der Waals surface area contributed by atoms with Crippen LogP contribution in [0, 0.1) is 0 Å². The second kappa shape index (κ2) is 7.07. The van der Waals surface area contributed by atoms with Gasteiger partial charge in [-0.2, -0.15) is 0 Å². The van der Waals surface area contributed by atoms with Crippen molar-refractivity contribution in [1.82, 2.24) is 15.3 Å². The van der Waals surface area contributed by atoms with Crippen molar-refractivity contribution in [2.24, 2.45) is 0 Å². The summed E-state index contributed by atoms with van der Waals surface area (Å²) in [5.41, 5.74) is 1.41. The van der Waals surface area contributed by atoms with Crippen molar-refractivity contribution < 1.29 is 13.9 Å². The summed E-state index contributed by atoms with van der Waals surface area (Å²) in [6.07, 6.45) is 1.34. The summed E-state index contributed by atoms with van der Waals surface area (Å²) in [6.45, 7) is 1.82. The smallest absolute Gasteiger partial charge is 0.319 e. The first-order valence-electron chi connectivity index (χ1n) is 8.66. The molecule has 0 radical (unpaired) electrons. The van der Waals surface area contributed by atoms with E-state index in [1.807, 2.05) is 31.2 Å². The summed E-state index contributed by atoms with van der Waals surface area (Å²) < 4.78 is 11.2. The molecule has 0 saturated heterocycles. The van der Waals surface area contributed by atoms with E-state index in [0.29, 0.717) is 33.7 Å². The van der Waals surface area contributed by atoms with Gasteiger partial charge in [0.1, 0.15) is 5.76 Å². The third-order valence-corrected chi connectivity index (χ3v) is 4.42. The van der Waals surface area contributed by atoms with E-state index in [2.05, 4.69) is 20.6 Å². The fraction of sp³-hybridized carbons (Fsp3) is 0.150. The van der Waals surface area contributed by atoms with E-state index in [4.69, 9.17) is 9.15 Å². The maximum absolute atomic E-state index is 12.4. The summed E-state index contributed by atoms with van der Waals surface area (Å²) in [6, 6.07) is 11.6. The van der Waals surface area contributed by atoms with Gasteiger partial charge < -0.3 is 24.8 Å². The summed E-state index contributed by atoms with van der Waals surface area (Å²) in [5, 5.41) is 6.83. The Hall–Kier alpha value is -3.81. The molecule has 0 saturated carbocycles. The summed E-state index contributed by atoms with van der Waals surface area (Å²) >= 11 is 0. The molecule has 8 nitrogen and oxygen atoms in total. The highest BCUT2D eigenvalue weighted by Crippen LogP contribution is 2.30. The van der Waals surface area contributed by atoms with Crippen LogP contribution in [0.1, 0.15) is 18.7 Å². The van der Waals surface area contributed by atoms with Crippen LogP contribution in [0.25, 0.3) is 21.9 Å². The molecule has 0 aliphatic heterocycles. The van der Waals surface area contributed by atoms with Gasteiger partial charge in [0.2, 0.25) is 0 Å². The molecule has 8 heteroatoms. The van der Waals surface area contributed by atoms with Crippen LogP contribution in [0.3, 0.4) is 0 Å². The van der Waals surface area contributed by atoms with Crippen LogP contribution in [0.15, 0.2) is 58.0 Å². The second-order valence-corrected chi connectivity index (χ2v) is 6.31. The number of amides is 2. The number of fused-ring (bicyclic) bond motifs is 2. The SMILES string of the molecule is COc1cccc2cc(C(C)NC(=O)Nc3ccc4nc[nH]c(=O)c4c3)oc12. The number of para-hydroxylation sites is 1. The van der Waals surface area contributed by atoms with Crippen LogP contribution >= 0.6 is 0 Å². The number of ether oxygens (including phenoxy) is 1. The second-order valence-electron chi connectivity index (χ2n) is 6.31. The Morgan fingerprint density at radius 1 is 1.25 bits per heavy atom. The number of nitrogens with zero attached hydrogens (tertiary/aromatic N) is 1. The average Bonchev–Trinajstić information content (AvgIpc) is 3.13. The van der Waals surface area contributed by atoms with Gasteiger partial charge in [-0.15, -0.1) is 0 Å². The Morgan fingerprint density at radius 3 is 2.93 bits per heavy atom. The first-order chi connectivity index (χ1) is 13.5. The molecule has 0 aliphatic carbocycles. The normalized spacial score (nSPS) is 12.1. The van der Waals surface area contributed by atoms with Crippen molar-refractivity contribution >= 4 is 33.6 Å². The third kappa shape index (κ3) is 3.27. The van der Waals surface area contributed by atoms with E-state index in [-0.39, 0.29) is 11.6 Å². The summed E-state index contributed by atoms with van der Waals surface area (Å²) in [4.78, 5) is 30.8. The minimum Gasteiger partial charge on any atom is -0.493 e. The van der Waals surface area contributed by atoms with E-state index in [1.54, 1.807) is 25.3 Å². The number of carbonyl (C=O) groups is 1. The van der Waals surface area contributed by atoms with Crippen LogP contribution in [0.5, 0.6) is 5.75 Å². The van der Waals surface area contributed by atoms with Crippen molar-refractivity contribution in [3.63, 3.8) is 0 Å². The highest BCUT2D eigenvalue weighted by Gasteiger charge is 2.16. The molecule has 0 aliphatic rings. The summed E-state index contributed by atoms with van der Waals surface area (Å²) in [7, 11) is 1.58. The van der Waals surface area contributed by atoms with Gasteiger partial charge in [0.05, 0.1) is 30.4 Å². The van der Waals surface area contributed by atoms with Gasteiger partial charge in [-0.3, -0.25) is 4.79 Å². The number of benzene rings is 2. The Kier molecular flexibility index (Phi) is 4.44. The minimum absolute atomic E-state index is 0.265. The number of furan rings is 1. The number of anilines is 1. The Balaban J connectivity index is 1.50. The number of carbonyl (C=O) groups excluding carboxylic acids is 1. The zero-order valence-electron chi connectivity index (χ0n) is 15.3. The highest BCUT2D eigenvalue weighted by atomic mass is 16.5. The third-order valence-electron chi connectivity index (χ3n) is 4.42. The predicted molar refractivity (Wildman–Crippen MR) is 106 cm³/mol. The van der Waals surface area contributed by atoms with Crippen molar-refractivity contribution in [2.75, 3.05) is 12.4 Å². The van der Waals surface area contributed by atoms with Gasteiger partial charge in [-0.05, 0) is 37.3 Å². The van der Waals surface area contributed by atoms with Gasteiger partial charge >= 0.3 is 6.03 Å². The molecule has 2 aromatic carbocycles. The zero-order chi connectivity index (χ0) is 19.7. The summed E-state index contributed by atoms with van der Waals surface area (Å²) in [5.74, 6) is 1.24. The number of H-pyrrole nitrogens is 1. The molecular formula is C20H18N4O4. The van der Waals surface area contributed by atoms with Crippen molar-refractivity contribution in [2.45, 2.75) is 13.0 Å². The maximum atomic E-state index is 12.4. The predicted octanol–water partition coefficient (Wildman–Crippen LogP) is 3.56. The molecule has 0 fully saturated rings. The van der Waals surface area contributed by atoms with Crippen LogP contribution in [0.2, 0.25) is 0 Å². The molecule has 3 N–H and O–H groups in total. The van der Waals surface area contributed by atoms with Gasteiger partial charge in [0, 0.05) is 11.1 Å². The first-order valence-corrected chi connectivity index (χ1v) is 8.66. The van der Waals surface area contributed by atoms with Gasteiger partial charge in [-0.25, -0.2) is 9.78 Å². The topological polar surface area (TPSA) is 109 Å². The molecule has 2 heterocycles. The fourth-order valence-electron chi connectivity index (χ4n) is 3.01. The van der Waals surface area contributed by atoms with Crippen molar-refractivity contribution in [3.05, 3.63) is 64.9 Å². The zero-order valence-corrected chi connectivity index (χ0v) is 15.3. The Labute approximate surface area is 159 Å². The number of nitrogens with one attached hydrogen (secondary N) is 3. The van der Waals surface area contributed by atoms with Gasteiger partial charge in [0.25, 0.3) is 5.56 Å². The quantitative estimate of drug-likeness (QED) is 0.503. The molecule has 0 bridgehead atoms. The molecular weight excluding hydrogens is 360 g/mol. The minimum atomic E-state index is -0.417. The average molecular weight is 378 g/mol. The highest BCUT2D eigenvalue weighted by molar-refractivity contribution is 5.92.